The highest BCUT2D eigenvalue weighted by Gasteiger charge is 2.25. The zero-order chi connectivity index (χ0) is 17.1. The number of carbonyl (C=O) groups is 1. The fraction of sp³-hybridized carbons (Fsp3) is 0.182. The molecule has 2 aromatic rings. The molecule has 0 bridgehead atoms. The maximum Gasteiger partial charge on any atom is 0.279 e. The van der Waals surface area contributed by atoms with Crippen LogP contribution >= 0.6 is 23.1 Å². The quantitative estimate of drug-likeness (QED) is 0.373. The van der Waals surface area contributed by atoms with Crippen LogP contribution in [0, 0.1) is 27.2 Å². The zero-order valence-corrected chi connectivity index (χ0v) is 13.4. The molecule has 23 heavy (non-hydrogen) atoms. The van der Waals surface area contributed by atoms with Crippen molar-refractivity contribution in [2.75, 3.05) is 11.6 Å². The van der Waals surface area contributed by atoms with Crippen LogP contribution in [0.4, 0.5) is 16.5 Å². The topological polar surface area (TPSA) is 141 Å². The van der Waals surface area contributed by atoms with E-state index in [4.69, 9.17) is 0 Å². The molecule has 0 atom stereocenters. The number of amides is 1. The summed E-state index contributed by atoms with van der Waals surface area (Å²) in [6.07, 6.45) is 1.79. The van der Waals surface area contributed by atoms with Gasteiger partial charge in [0.2, 0.25) is 5.13 Å². The number of thioether (sulfide) groups is 1. The van der Waals surface area contributed by atoms with Gasteiger partial charge >= 0.3 is 0 Å². The van der Waals surface area contributed by atoms with E-state index in [0.717, 1.165) is 23.5 Å². The summed E-state index contributed by atoms with van der Waals surface area (Å²) in [5, 5.41) is 32.1. The Balaban J connectivity index is 2.39. The Morgan fingerprint density at radius 2 is 1.78 bits per heavy atom. The Morgan fingerprint density at radius 3 is 2.22 bits per heavy atom. The van der Waals surface area contributed by atoms with Crippen LogP contribution < -0.4 is 5.32 Å². The second kappa shape index (κ2) is 6.66. The van der Waals surface area contributed by atoms with E-state index in [1.165, 1.54) is 18.7 Å². The normalized spacial score (nSPS) is 10.3. The molecule has 120 valence electrons. The van der Waals surface area contributed by atoms with Crippen LogP contribution in [-0.4, -0.2) is 32.2 Å². The minimum absolute atomic E-state index is 0.114. The van der Waals surface area contributed by atoms with Gasteiger partial charge in [-0.25, -0.2) is 0 Å². The van der Waals surface area contributed by atoms with E-state index in [1.807, 2.05) is 0 Å². The lowest BCUT2D eigenvalue weighted by atomic mass is 10.1. The number of nitrogens with zero attached hydrogens (tertiary/aromatic N) is 4. The maximum absolute atomic E-state index is 12.1. The van der Waals surface area contributed by atoms with Crippen LogP contribution in [0.5, 0.6) is 0 Å². The van der Waals surface area contributed by atoms with Gasteiger partial charge < -0.3 is 0 Å². The standard InChI is InChI=1S/C11H9N5O5S2/c1-5-7(15(18)19)3-6(4-8(5)16(20)21)9(17)12-10-13-14-11(22-2)23-10/h3-4H,1-2H3,(H,12,13,17). The number of rotatable bonds is 5. The van der Waals surface area contributed by atoms with Crippen LogP contribution in [0.25, 0.3) is 0 Å². The molecule has 0 saturated carbocycles. The van der Waals surface area contributed by atoms with Crippen molar-refractivity contribution in [3.05, 3.63) is 43.5 Å². The number of carbonyl (C=O) groups excluding carboxylic acids is 1. The summed E-state index contributed by atoms with van der Waals surface area (Å²) in [5.41, 5.74) is -1.30. The van der Waals surface area contributed by atoms with E-state index in [-0.39, 0.29) is 16.3 Å². The molecular weight excluding hydrogens is 346 g/mol. The molecule has 0 spiro atoms. The molecule has 1 aromatic carbocycles. The average molecular weight is 355 g/mol. The molecule has 10 nitrogen and oxygen atoms in total. The Bertz CT molecular complexity index is 771. The monoisotopic (exact) mass is 355 g/mol. The number of hydrogen-bond donors (Lipinski definition) is 1. The van der Waals surface area contributed by atoms with Crippen molar-refractivity contribution in [1.82, 2.24) is 10.2 Å². The Morgan fingerprint density at radius 1 is 1.22 bits per heavy atom. The predicted molar refractivity (Wildman–Crippen MR) is 84.1 cm³/mol. The lowest BCUT2D eigenvalue weighted by molar-refractivity contribution is -0.395. The molecule has 0 saturated heterocycles. The van der Waals surface area contributed by atoms with Crippen molar-refractivity contribution in [2.45, 2.75) is 11.3 Å². The summed E-state index contributed by atoms with van der Waals surface area (Å²) in [6.45, 7) is 1.26. The highest BCUT2D eigenvalue weighted by atomic mass is 32.2. The van der Waals surface area contributed by atoms with Crippen LogP contribution in [0.1, 0.15) is 15.9 Å². The minimum atomic E-state index is -0.768. The summed E-state index contributed by atoms with van der Waals surface area (Å²) < 4.78 is 0.626. The molecule has 2 rings (SSSR count). The molecule has 0 aliphatic heterocycles. The van der Waals surface area contributed by atoms with Crippen molar-refractivity contribution in [2.24, 2.45) is 0 Å². The molecule has 0 fully saturated rings. The smallest absolute Gasteiger partial charge is 0.279 e. The third-order valence-corrected chi connectivity index (χ3v) is 4.62. The largest absolute Gasteiger partial charge is 0.296 e. The molecule has 1 N–H and O–H groups in total. The lowest BCUT2D eigenvalue weighted by Gasteiger charge is -2.04. The van der Waals surface area contributed by atoms with Gasteiger partial charge in [0.15, 0.2) is 4.34 Å². The van der Waals surface area contributed by atoms with Crippen LogP contribution in [-0.2, 0) is 0 Å². The van der Waals surface area contributed by atoms with Gasteiger partial charge in [-0.15, -0.1) is 10.2 Å². The average Bonchev–Trinajstić information content (AvgIpc) is 2.94. The molecule has 0 radical (unpaired) electrons. The van der Waals surface area contributed by atoms with Gasteiger partial charge in [0, 0.05) is 12.1 Å². The van der Waals surface area contributed by atoms with Crippen molar-refractivity contribution >= 4 is 45.5 Å². The molecule has 1 aromatic heterocycles. The van der Waals surface area contributed by atoms with Gasteiger partial charge in [-0.1, -0.05) is 23.1 Å². The summed E-state index contributed by atoms with van der Waals surface area (Å²) in [5.74, 6) is -0.736. The van der Waals surface area contributed by atoms with E-state index >= 15 is 0 Å². The number of anilines is 1. The van der Waals surface area contributed by atoms with Crippen LogP contribution in [0.2, 0.25) is 0 Å². The van der Waals surface area contributed by atoms with E-state index in [1.54, 1.807) is 6.26 Å². The summed E-state index contributed by atoms with van der Waals surface area (Å²) >= 11 is 2.46. The number of hydrogen-bond acceptors (Lipinski definition) is 9. The molecule has 0 unspecified atom stereocenters. The van der Waals surface area contributed by atoms with E-state index in [9.17, 15) is 25.0 Å². The van der Waals surface area contributed by atoms with Gasteiger partial charge in [-0.3, -0.25) is 30.3 Å². The maximum atomic E-state index is 12.1. The van der Waals surface area contributed by atoms with Crippen molar-refractivity contribution in [3.63, 3.8) is 0 Å². The third kappa shape index (κ3) is 3.60. The fourth-order valence-corrected chi connectivity index (χ4v) is 2.87. The SMILES string of the molecule is CSc1nnc(NC(=O)c2cc([N+](=O)[O-])c(C)c([N+](=O)[O-])c2)s1. The Labute approximate surface area is 137 Å². The predicted octanol–water partition coefficient (Wildman–Crippen LogP) is 2.64. The summed E-state index contributed by atoms with van der Waals surface area (Å²) in [7, 11) is 0. The third-order valence-electron chi connectivity index (χ3n) is 2.81. The first-order valence-electron chi connectivity index (χ1n) is 5.95. The summed E-state index contributed by atoms with van der Waals surface area (Å²) in [4.78, 5) is 32.6. The van der Waals surface area contributed by atoms with Crippen molar-refractivity contribution in [1.29, 1.82) is 0 Å². The van der Waals surface area contributed by atoms with E-state index < -0.39 is 27.1 Å². The first kappa shape index (κ1) is 16.8. The lowest BCUT2D eigenvalue weighted by Crippen LogP contribution is -2.13. The van der Waals surface area contributed by atoms with Gasteiger partial charge in [0.05, 0.1) is 15.4 Å². The second-order valence-electron chi connectivity index (χ2n) is 4.19. The highest BCUT2D eigenvalue weighted by Crippen LogP contribution is 2.30. The first-order chi connectivity index (χ1) is 10.8. The molecule has 1 amide bonds. The van der Waals surface area contributed by atoms with E-state index in [0.29, 0.717) is 4.34 Å². The Kier molecular flexibility index (Phi) is 4.86. The minimum Gasteiger partial charge on any atom is -0.296 e. The molecule has 0 aliphatic carbocycles. The van der Waals surface area contributed by atoms with Gasteiger partial charge in [-0.05, 0) is 13.2 Å². The molecule has 1 heterocycles. The first-order valence-corrected chi connectivity index (χ1v) is 8.00. The molecule has 0 aliphatic rings. The Hall–Kier alpha value is -2.60. The van der Waals surface area contributed by atoms with Gasteiger partial charge in [0.25, 0.3) is 17.3 Å². The van der Waals surface area contributed by atoms with Gasteiger partial charge in [0.1, 0.15) is 5.56 Å². The van der Waals surface area contributed by atoms with Gasteiger partial charge in [-0.2, -0.15) is 0 Å². The van der Waals surface area contributed by atoms with Crippen molar-refractivity contribution in [3.8, 4) is 0 Å². The number of nitrogens with one attached hydrogen (secondary N) is 1. The zero-order valence-electron chi connectivity index (χ0n) is 11.8. The number of nitro groups is 2. The number of benzene rings is 1. The number of aromatic nitrogens is 2. The van der Waals surface area contributed by atoms with Crippen molar-refractivity contribution < 1.29 is 14.6 Å². The van der Waals surface area contributed by atoms with Crippen LogP contribution in [0.15, 0.2) is 16.5 Å². The molecule has 12 heteroatoms. The van der Waals surface area contributed by atoms with E-state index in [2.05, 4.69) is 15.5 Å². The molecular formula is C11H9N5O5S2. The second-order valence-corrected chi connectivity index (χ2v) is 6.22. The van der Waals surface area contributed by atoms with Crippen LogP contribution in [0.3, 0.4) is 0 Å². The summed E-state index contributed by atoms with van der Waals surface area (Å²) in [6, 6.07) is 1.99. The highest BCUT2D eigenvalue weighted by molar-refractivity contribution is 8.00. The fourth-order valence-electron chi connectivity index (χ4n) is 1.71. The number of nitro benzene ring substituents is 2.